The van der Waals surface area contributed by atoms with Gasteiger partial charge in [0.25, 0.3) is 10.0 Å². The van der Waals surface area contributed by atoms with Gasteiger partial charge < -0.3 is 0 Å². The second kappa shape index (κ2) is 5.60. The maximum absolute atomic E-state index is 12.3. The highest BCUT2D eigenvalue weighted by atomic mass is 35.5. The Morgan fingerprint density at radius 1 is 1.10 bits per heavy atom. The fourth-order valence-electron chi connectivity index (χ4n) is 1.56. The van der Waals surface area contributed by atoms with Gasteiger partial charge in [-0.05, 0) is 43.2 Å². The van der Waals surface area contributed by atoms with Gasteiger partial charge in [-0.1, -0.05) is 29.3 Å². The summed E-state index contributed by atoms with van der Waals surface area (Å²) in [5, 5.41) is 0.489. The lowest BCUT2D eigenvalue weighted by molar-refractivity contribution is 0.601. The second-order valence-electron chi connectivity index (χ2n) is 4.36. The number of halogens is 2. The summed E-state index contributed by atoms with van der Waals surface area (Å²) in [5.41, 5.74) is 1.57. The molecule has 1 N–H and O–H groups in total. The minimum absolute atomic E-state index is 0.0246. The van der Waals surface area contributed by atoms with Crippen LogP contribution in [0, 0.1) is 13.8 Å². The van der Waals surface area contributed by atoms with E-state index >= 15 is 0 Å². The van der Waals surface area contributed by atoms with Crippen LogP contribution in [-0.2, 0) is 10.0 Å². The first-order valence-electron chi connectivity index (χ1n) is 5.71. The fourth-order valence-corrected chi connectivity index (χ4v) is 3.40. The van der Waals surface area contributed by atoms with Crippen molar-refractivity contribution in [3.63, 3.8) is 0 Å². The van der Waals surface area contributed by atoms with E-state index in [-0.39, 0.29) is 15.7 Å². The summed E-state index contributed by atoms with van der Waals surface area (Å²) in [7, 11) is -3.80. The molecule has 0 amide bonds. The number of pyridine rings is 1. The molecule has 0 saturated heterocycles. The van der Waals surface area contributed by atoms with Crippen LogP contribution in [0.15, 0.2) is 35.4 Å². The molecule has 7 heteroatoms. The molecule has 0 aliphatic rings. The van der Waals surface area contributed by atoms with E-state index in [2.05, 4.69) is 9.71 Å². The number of aryl methyl sites for hydroxylation is 2. The fraction of sp³-hybridized carbons (Fsp3) is 0.154. The summed E-state index contributed by atoms with van der Waals surface area (Å²) in [4.78, 5) is 3.97. The molecule has 0 bridgehead atoms. The molecule has 0 fully saturated rings. The van der Waals surface area contributed by atoms with Crippen LogP contribution in [0.1, 0.15) is 11.1 Å². The van der Waals surface area contributed by atoms with Gasteiger partial charge in [-0.3, -0.25) is 4.72 Å². The number of sulfonamides is 1. The molecule has 0 radical (unpaired) electrons. The molecular weight excluding hydrogens is 319 g/mol. The van der Waals surface area contributed by atoms with Crippen LogP contribution >= 0.6 is 23.2 Å². The van der Waals surface area contributed by atoms with Crippen molar-refractivity contribution in [2.45, 2.75) is 18.7 Å². The van der Waals surface area contributed by atoms with E-state index < -0.39 is 10.0 Å². The zero-order valence-corrected chi connectivity index (χ0v) is 13.1. The number of hydrogen-bond acceptors (Lipinski definition) is 3. The van der Waals surface area contributed by atoms with Crippen LogP contribution in [0.4, 0.5) is 5.82 Å². The van der Waals surface area contributed by atoms with Gasteiger partial charge >= 0.3 is 0 Å². The van der Waals surface area contributed by atoms with Crippen molar-refractivity contribution in [1.82, 2.24) is 4.98 Å². The van der Waals surface area contributed by atoms with Crippen molar-refractivity contribution in [3.05, 3.63) is 51.6 Å². The Morgan fingerprint density at radius 2 is 1.80 bits per heavy atom. The van der Waals surface area contributed by atoms with Gasteiger partial charge in [-0.25, -0.2) is 13.4 Å². The van der Waals surface area contributed by atoms with Gasteiger partial charge in [0.1, 0.15) is 10.7 Å². The monoisotopic (exact) mass is 330 g/mol. The van der Waals surface area contributed by atoms with E-state index in [1.54, 1.807) is 25.3 Å². The number of anilines is 1. The normalized spacial score (nSPS) is 11.4. The Labute approximate surface area is 127 Å². The summed E-state index contributed by atoms with van der Waals surface area (Å²) in [6, 6.07) is 6.19. The van der Waals surface area contributed by atoms with Gasteiger partial charge in [0, 0.05) is 11.2 Å². The molecule has 2 aromatic rings. The first-order chi connectivity index (χ1) is 9.29. The Bertz CT molecular complexity index is 744. The predicted molar refractivity (Wildman–Crippen MR) is 81.0 cm³/mol. The molecule has 4 nitrogen and oxygen atoms in total. The molecular formula is C13H12Cl2N2O2S. The second-order valence-corrected chi connectivity index (χ2v) is 6.82. The van der Waals surface area contributed by atoms with E-state index in [1.807, 2.05) is 6.92 Å². The molecule has 0 unspecified atom stereocenters. The van der Waals surface area contributed by atoms with Crippen molar-refractivity contribution < 1.29 is 8.42 Å². The first-order valence-corrected chi connectivity index (χ1v) is 7.94. The number of hydrogen-bond donors (Lipinski definition) is 1. The van der Waals surface area contributed by atoms with Crippen LogP contribution in [0.25, 0.3) is 0 Å². The van der Waals surface area contributed by atoms with E-state index in [1.165, 1.54) is 12.1 Å². The van der Waals surface area contributed by atoms with Gasteiger partial charge in [0.05, 0.1) is 5.02 Å². The van der Waals surface area contributed by atoms with Crippen molar-refractivity contribution in [3.8, 4) is 0 Å². The van der Waals surface area contributed by atoms with Gasteiger partial charge in [-0.2, -0.15) is 0 Å². The summed E-state index contributed by atoms with van der Waals surface area (Å²) >= 11 is 11.9. The Balaban J connectivity index is 2.40. The average molecular weight is 331 g/mol. The largest absolute Gasteiger partial charge is 0.264 e. The van der Waals surface area contributed by atoms with E-state index in [0.717, 1.165) is 5.56 Å². The van der Waals surface area contributed by atoms with Crippen LogP contribution in [0.2, 0.25) is 10.0 Å². The molecule has 20 heavy (non-hydrogen) atoms. The average Bonchev–Trinajstić information content (AvgIpc) is 2.36. The van der Waals surface area contributed by atoms with Gasteiger partial charge in [0.2, 0.25) is 0 Å². The smallest absolute Gasteiger partial charge is 0.263 e. The summed E-state index contributed by atoms with van der Waals surface area (Å²) < 4.78 is 27.0. The van der Waals surface area contributed by atoms with Gasteiger partial charge in [0.15, 0.2) is 0 Å². The van der Waals surface area contributed by atoms with Crippen LogP contribution < -0.4 is 4.72 Å². The maximum atomic E-state index is 12.3. The molecule has 1 aromatic carbocycles. The lowest BCUT2D eigenvalue weighted by Crippen LogP contribution is -2.14. The highest BCUT2D eigenvalue weighted by Gasteiger charge is 2.20. The highest BCUT2D eigenvalue weighted by Crippen LogP contribution is 2.29. The van der Waals surface area contributed by atoms with Crippen molar-refractivity contribution in [2.24, 2.45) is 0 Å². The molecule has 106 valence electrons. The highest BCUT2D eigenvalue weighted by molar-refractivity contribution is 7.92. The predicted octanol–water partition coefficient (Wildman–Crippen LogP) is 3.81. The minimum atomic E-state index is -3.80. The number of benzene rings is 1. The lowest BCUT2D eigenvalue weighted by atomic mass is 10.2. The summed E-state index contributed by atoms with van der Waals surface area (Å²) in [6.07, 6.45) is 1.58. The molecule has 0 saturated carbocycles. The van der Waals surface area contributed by atoms with Crippen LogP contribution in [0.3, 0.4) is 0 Å². The maximum Gasteiger partial charge on any atom is 0.264 e. The number of aromatic nitrogens is 1. The van der Waals surface area contributed by atoms with E-state index in [4.69, 9.17) is 23.2 Å². The molecule has 0 aliphatic carbocycles. The minimum Gasteiger partial charge on any atom is -0.263 e. The quantitative estimate of drug-likeness (QED) is 0.930. The molecule has 1 aromatic heterocycles. The van der Waals surface area contributed by atoms with Crippen LogP contribution in [0.5, 0.6) is 0 Å². The molecule has 0 atom stereocenters. The Hall–Kier alpha value is -1.30. The number of rotatable bonds is 3. The van der Waals surface area contributed by atoms with E-state index in [0.29, 0.717) is 10.6 Å². The third kappa shape index (κ3) is 3.23. The first kappa shape index (κ1) is 15.1. The molecule has 0 spiro atoms. The van der Waals surface area contributed by atoms with Crippen molar-refractivity contribution >= 4 is 39.0 Å². The van der Waals surface area contributed by atoms with Gasteiger partial charge in [-0.15, -0.1) is 0 Å². The standard InChI is InChI=1S/C13H12Cl2N2O2S/c1-8-3-4-13(16-7-8)17-20(18,19)12-5-9(2)10(14)6-11(12)15/h3-7H,1-2H3,(H,16,17). The lowest BCUT2D eigenvalue weighted by Gasteiger charge is -2.10. The zero-order chi connectivity index (χ0) is 14.9. The summed E-state index contributed by atoms with van der Waals surface area (Å²) in [5.74, 6) is 0.235. The van der Waals surface area contributed by atoms with Crippen molar-refractivity contribution in [1.29, 1.82) is 0 Å². The third-order valence-corrected chi connectivity index (χ3v) is 4.88. The molecule has 0 aliphatic heterocycles. The van der Waals surface area contributed by atoms with Crippen LogP contribution in [-0.4, -0.2) is 13.4 Å². The SMILES string of the molecule is Cc1ccc(NS(=O)(=O)c2cc(C)c(Cl)cc2Cl)nc1. The number of nitrogens with zero attached hydrogens (tertiary/aromatic N) is 1. The molecule has 1 heterocycles. The third-order valence-electron chi connectivity index (χ3n) is 2.65. The molecule has 2 rings (SSSR count). The summed E-state index contributed by atoms with van der Waals surface area (Å²) in [6.45, 7) is 3.58. The topological polar surface area (TPSA) is 59.1 Å². The Morgan fingerprint density at radius 3 is 2.40 bits per heavy atom. The zero-order valence-electron chi connectivity index (χ0n) is 10.8. The Kier molecular flexibility index (Phi) is 4.22. The van der Waals surface area contributed by atoms with E-state index in [9.17, 15) is 8.42 Å². The van der Waals surface area contributed by atoms with Crippen molar-refractivity contribution in [2.75, 3.05) is 4.72 Å². The number of nitrogens with one attached hydrogen (secondary N) is 1.